The van der Waals surface area contributed by atoms with E-state index < -0.39 is 0 Å². The van der Waals surface area contributed by atoms with Crippen LogP contribution in [-0.2, 0) is 9.59 Å². The van der Waals surface area contributed by atoms with Crippen LogP contribution in [0.15, 0.2) is 51.8 Å². The molecule has 0 bridgehead atoms. The zero-order valence-electron chi connectivity index (χ0n) is 15.3. The number of ether oxygens (including phenoxy) is 1. The van der Waals surface area contributed by atoms with Crippen molar-refractivity contribution in [1.29, 1.82) is 0 Å². The van der Waals surface area contributed by atoms with Crippen molar-refractivity contribution in [2.24, 2.45) is 0 Å². The van der Waals surface area contributed by atoms with Crippen LogP contribution >= 0.6 is 27.7 Å². The highest BCUT2D eigenvalue weighted by Gasteiger charge is 2.27. The fourth-order valence-electron chi connectivity index (χ4n) is 2.53. The van der Waals surface area contributed by atoms with Gasteiger partial charge in [0.25, 0.3) is 11.1 Å². The van der Waals surface area contributed by atoms with Crippen molar-refractivity contribution in [2.45, 2.75) is 4.90 Å². The van der Waals surface area contributed by atoms with Crippen LogP contribution in [0, 0.1) is 0 Å². The molecule has 0 radical (unpaired) electrons. The monoisotopic (exact) mass is 463 g/mol. The van der Waals surface area contributed by atoms with Crippen LogP contribution in [0.5, 0.6) is 5.75 Å². The number of hydrogen-bond donors (Lipinski definition) is 1. The average Bonchev–Trinajstić information content (AvgIpc) is 2.65. The van der Waals surface area contributed by atoms with E-state index in [0.29, 0.717) is 22.0 Å². The second-order valence-corrected chi connectivity index (χ2v) is 8.10. The molecule has 0 spiro atoms. The number of benzene rings is 2. The summed E-state index contributed by atoms with van der Waals surface area (Å²) in [5, 5.41) is 2.64. The number of nitrogens with zero attached hydrogens (tertiary/aromatic N) is 2. The first kappa shape index (κ1) is 20.2. The van der Waals surface area contributed by atoms with E-state index in [1.807, 2.05) is 0 Å². The van der Waals surface area contributed by atoms with E-state index in [9.17, 15) is 14.4 Å². The maximum Gasteiger partial charge on any atom is 0.286 e. The number of fused-ring (bicyclic) bond motifs is 1. The molecule has 3 amide bonds. The van der Waals surface area contributed by atoms with Gasteiger partial charge in [0.05, 0.1) is 11.4 Å². The van der Waals surface area contributed by atoms with Gasteiger partial charge in [-0.1, -0.05) is 28.1 Å². The molecule has 1 aliphatic rings. The summed E-state index contributed by atoms with van der Waals surface area (Å²) in [5.74, 6) is -0.126. The van der Waals surface area contributed by atoms with Crippen molar-refractivity contribution in [3.05, 3.63) is 46.9 Å². The van der Waals surface area contributed by atoms with E-state index in [2.05, 4.69) is 21.2 Å². The van der Waals surface area contributed by atoms with Crippen LogP contribution in [0.4, 0.5) is 16.2 Å². The lowest BCUT2D eigenvalue weighted by Gasteiger charge is -2.29. The lowest BCUT2D eigenvalue weighted by atomic mass is 10.2. The highest BCUT2D eigenvalue weighted by Crippen LogP contribution is 2.34. The number of nitrogens with one attached hydrogen (secondary N) is 1. The molecule has 0 fully saturated rings. The third-order valence-corrected chi connectivity index (χ3v) is 5.50. The molecule has 146 valence electrons. The number of halogens is 1. The van der Waals surface area contributed by atoms with E-state index >= 15 is 0 Å². The fourth-order valence-corrected chi connectivity index (χ4v) is 3.62. The van der Waals surface area contributed by atoms with Crippen molar-refractivity contribution < 1.29 is 19.1 Å². The topological polar surface area (TPSA) is 79.0 Å². The number of para-hydroxylation sites is 1. The zero-order valence-corrected chi connectivity index (χ0v) is 17.7. The number of anilines is 2. The summed E-state index contributed by atoms with van der Waals surface area (Å²) in [5.41, 5.74) is 1.06. The Morgan fingerprint density at radius 1 is 1.25 bits per heavy atom. The number of amides is 3. The van der Waals surface area contributed by atoms with E-state index in [-0.39, 0.29) is 30.2 Å². The Bertz CT molecular complexity index is 935. The highest BCUT2D eigenvalue weighted by molar-refractivity contribution is 9.10. The van der Waals surface area contributed by atoms with Gasteiger partial charge in [-0.25, -0.2) is 0 Å². The van der Waals surface area contributed by atoms with E-state index in [1.54, 1.807) is 56.6 Å². The molecular formula is C19H18BrN3O4S. The molecule has 0 aliphatic carbocycles. The normalized spacial score (nSPS) is 12.8. The highest BCUT2D eigenvalue weighted by atomic mass is 79.9. The van der Waals surface area contributed by atoms with E-state index in [1.165, 1.54) is 9.80 Å². The Morgan fingerprint density at radius 2 is 2.00 bits per heavy atom. The molecule has 3 rings (SSSR count). The summed E-state index contributed by atoms with van der Waals surface area (Å²) in [6.45, 7) is -0.280. The third kappa shape index (κ3) is 4.66. The van der Waals surface area contributed by atoms with Crippen LogP contribution in [0.25, 0.3) is 0 Å². The summed E-state index contributed by atoms with van der Waals surface area (Å²) in [4.78, 5) is 40.4. The van der Waals surface area contributed by atoms with Crippen molar-refractivity contribution in [3.63, 3.8) is 0 Å². The summed E-state index contributed by atoms with van der Waals surface area (Å²) < 4.78 is 6.25. The summed E-state index contributed by atoms with van der Waals surface area (Å²) >= 11 is 4.39. The Balaban J connectivity index is 1.75. The lowest BCUT2D eigenvalue weighted by molar-refractivity contribution is -0.123. The Morgan fingerprint density at radius 3 is 2.75 bits per heavy atom. The molecular weight excluding hydrogens is 446 g/mol. The Hall–Kier alpha value is -2.52. The van der Waals surface area contributed by atoms with Gasteiger partial charge in [-0.15, -0.1) is 0 Å². The minimum atomic E-state index is -0.366. The summed E-state index contributed by atoms with van der Waals surface area (Å²) in [6.07, 6.45) is 0. The first-order valence-corrected chi connectivity index (χ1v) is 9.97. The van der Waals surface area contributed by atoms with Gasteiger partial charge in [0.15, 0.2) is 6.61 Å². The van der Waals surface area contributed by atoms with Crippen molar-refractivity contribution in [2.75, 3.05) is 37.5 Å². The van der Waals surface area contributed by atoms with Gasteiger partial charge < -0.3 is 15.0 Å². The smallest absolute Gasteiger partial charge is 0.286 e. The first-order chi connectivity index (χ1) is 13.3. The Labute approximate surface area is 175 Å². The van der Waals surface area contributed by atoms with E-state index in [0.717, 1.165) is 16.2 Å². The largest absolute Gasteiger partial charge is 0.482 e. The van der Waals surface area contributed by atoms with Gasteiger partial charge in [-0.3, -0.25) is 19.3 Å². The molecule has 2 aromatic carbocycles. The summed E-state index contributed by atoms with van der Waals surface area (Å²) in [7, 11) is 3.33. The lowest BCUT2D eigenvalue weighted by Crippen LogP contribution is -2.43. The van der Waals surface area contributed by atoms with Crippen molar-refractivity contribution in [3.8, 4) is 5.75 Å². The molecule has 0 saturated carbocycles. The van der Waals surface area contributed by atoms with Crippen LogP contribution in [0.1, 0.15) is 0 Å². The van der Waals surface area contributed by atoms with Gasteiger partial charge >= 0.3 is 0 Å². The molecule has 28 heavy (non-hydrogen) atoms. The molecule has 1 heterocycles. The van der Waals surface area contributed by atoms with Crippen LogP contribution in [0.2, 0.25) is 0 Å². The van der Waals surface area contributed by atoms with Crippen molar-refractivity contribution in [1.82, 2.24) is 4.90 Å². The molecule has 1 aliphatic heterocycles. The fraction of sp³-hybridized carbons (Fsp3) is 0.211. The molecule has 2 aromatic rings. The second-order valence-electron chi connectivity index (χ2n) is 6.19. The molecule has 0 saturated heterocycles. The van der Waals surface area contributed by atoms with Crippen molar-refractivity contribution >= 4 is 56.1 Å². The third-order valence-electron chi connectivity index (χ3n) is 3.89. The quantitative estimate of drug-likeness (QED) is 0.700. The zero-order chi connectivity index (χ0) is 20.3. The minimum Gasteiger partial charge on any atom is -0.482 e. The predicted octanol–water partition coefficient (Wildman–Crippen LogP) is 3.59. The van der Waals surface area contributed by atoms with Crippen LogP contribution in [-0.4, -0.2) is 49.2 Å². The van der Waals surface area contributed by atoms with Gasteiger partial charge in [0.1, 0.15) is 12.3 Å². The van der Waals surface area contributed by atoms with Gasteiger partial charge in [0, 0.05) is 23.5 Å². The van der Waals surface area contributed by atoms with Gasteiger partial charge in [0.2, 0.25) is 5.91 Å². The SMILES string of the molecule is CN(C)C(=O)Sc1ccccc1NC(=O)CN1C(=O)COc2cc(Br)ccc21. The summed E-state index contributed by atoms with van der Waals surface area (Å²) in [6, 6.07) is 12.3. The Kier molecular flexibility index (Phi) is 6.25. The maximum atomic E-state index is 12.6. The molecule has 7 nitrogen and oxygen atoms in total. The molecule has 0 aromatic heterocycles. The van der Waals surface area contributed by atoms with E-state index in [4.69, 9.17) is 4.74 Å². The number of carbonyl (C=O) groups excluding carboxylic acids is 3. The second kappa shape index (κ2) is 8.66. The van der Waals surface area contributed by atoms with Gasteiger partial charge in [-0.2, -0.15) is 0 Å². The molecule has 0 atom stereocenters. The average molecular weight is 464 g/mol. The molecule has 9 heteroatoms. The number of hydrogen-bond acceptors (Lipinski definition) is 5. The van der Waals surface area contributed by atoms with Crippen LogP contribution in [0.3, 0.4) is 0 Å². The number of thioether (sulfide) groups is 1. The maximum absolute atomic E-state index is 12.6. The van der Waals surface area contributed by atoms with Crippen LogP contribution < -0.4 is 15.0 Å². The standard InChI is InChI=1S/C19H18BrN3O4S/c1-22(2)19(26)28-16-6-4-3-5-13(16)21-17(24)10-23-14-8-7-12(20)9-15(14)27-11-18(23)25/h3-9H,10-11H2,1-2H3,(H,21,24). The minimum absolute atomic E-state index is 0.124. The molecule has 0 unspecified atom stereocenters. The predicted molar refractivity (Wildman–Crippen MR) is 112 cm³/mol. The number of carbonyl (C=O) groups is 3. The molecule has 1 N–H and O–H groups in total. The first-order valence-electron chi connectivity index (χ1n) is 8.36. The number of rotatable bonds is 4. The van der Waals surface area contributed by atoms with Gasteiger partial charge in [-0.05, 0) is 42.1 Å².